The second-order valence-corrected chi connectivity index (χ2v) is 6.16. The van der Waals surface area contributed by atoms with Crippen molar-refractivity contribution in [2.45, 2.75) is 5.92 Å². The normalized spacial score (nSPS) is 11.8. The van der Waals surface area contributed by atoms with Crippen molar-refractivity contribution in [3.05, 3.63) is 55.5 Å². The van der Waals surface area contributed by atoms with Crippen LogP contribution in [0.5, 0.6) is 0 Å². The Bertz CT molecular complexity index is 490. The molecule has 2 rings (SSSR count). The third kappa shape index (κ3) is 2.24. The van der Waals surface area contributed by atoms with Crippen molar-refractivity contribution in [3.63, 3.8) is 0 Å². The molecule has 5 heteroatoms. The van der Waals surface area contributed by atoms with Crippen molar-refractivity contribution >= 4 is 33.9 Å². The molecule has 0 bridgehead atoms. The molecule has 0 aliphatic carbocycles. The van der Waals surface area contributed by atoms with E-state index in [2.05, 4.69) is 0 Å². The Morgan fingerprint density at radius 2 is 1.62 bits per heavy atom. The molecule has 0 saturated heterocycles. The highest BCUT2D eigenvalue weighted by Crippen LogP contribution is 2.39. The SMILES string of the molecule is Fc1ccc(C(F)(F)c2ccc(I)s2)cc1. The maximum atomic E-state index is 13.9. The van der Waals surface area contributed by atoms with Crippen LogP contribution in [0.4, 0.5) is 13.2 Å². The quantitative estimate of drug-likeness (QED) is 0.690. The Labute approximate surface area is 108 Å². The Hall–Kier alpha value is -0.560. The van der Waals surface area contributed by atoms with Gasteiger partial charge < -0.3 is 0 Å². The van der Waals surface area contributed by atoms with E-state index >= 15 is 0 Å². The third-order valence-electron chi connectivity index (χ3n) is 2.09. The zero-order valence-electron chi connectivity index (χ0n) is 7.88. The van der Waals surface area contributed by atoms with Gasteiger partial charge in [0.2, 0.25) is 0 Å². The number of hydrogen-bond donors (Lipinski definition) is 0. The molecule has 1 aromatic carbocycles. The Kier molecular flexibility index (Phi) is 3.25. The van der Waals surface area contributed by atoms with E-state index in [1.54, 1.807) is 6.07 Å². The molecule has 0 radical (unpaired) electrons. The van der Waals surface area contributed by atoms with Crippen molar-refractivity contribution in [2.75, 3.05) is 0 Å². The number of halogens is 4. The predicted molar refractivity (Wildman–Crippen MR) is 66.4 cm³/mol. The van der Waals surface area contributed by atoms with Crippen molar-refractivity contribution in [1.82, 2.24) is 0 Å². The van der Waals surface area contributed by atoms with E-state index in [0.717, 1.165) is 38.5 Å². The first-order chi connectivity index (χ1) is 7.50. The van der Waals surface area contributed by atoms with E-state index in [-0.39, 0.29) is 10.4 Å². The van der Waals surface area contributed by atoms with Gasteiger partial charge in [-0.2, -0.15) is 8.78 Å². The van der Waals surface area contributed by atoms with E-state index in [4.69, 9.17) is 0 Å². The fourth-order valence-electron chi connectivity index (χ4n) is 1.28. The zero-order valence-corrected chi connectivity index (χ0v) is 10.9. The van der Waals surface area contributed by atoms with Gasteiger partial charge in [-0.15, -0.1) is 11.3 Å². The van der Waals surface area contributed by atoms with E-state index in [0.29, 0.717) is 0 Å². The summed E-state index contributed by atoms with van der Waals surface area (Å²) in [6, 6.07) is 7.35. The summed E-state index contributed by atoms with van der Waals surface area (Å²) in [5.74, 6) is -3.57. The van der Waals surface area contributed by atoms with Crippen LogP contribution in [0.1, 0.15) is 10.4 Å². The molecule has 0 unspecified atom stereocenters. The molecule has 0 aliphatic heterocycles. The standard InChI is InChI=1S/C11H6F3IS/c12-8-3-1-7(2-4-8)11(13,14)9-5-6-10(15)16-9/h1-6H. The molecular formula is C11H6F3IS. The summed E-state index contributed by atoms with van der Waals surface area (Å²) in [6.07, 6.45) is 0. The molecule has 0 nitrogen and oxygen atoms in total. The van der Waals surface area contributed by atoms with E-state index in [9.17, 15) is 13.2 Å². The lowest BCUT2D eigenvalue weighted by molar-refractivity contribution is 0.0469. The van der Waals surface area contributed by atoms with Crippen molar-refractivity contribution < 1.29 is 13.2 Å². The van der Waals surface area contributed by atoms with Crippen LogP contribution in [0.15, 0.2) is 36.4 Å². The maximum absolute atomic E-state index is 13.9. The van der Waals surface area contributed by atoms with Gasteiger partial charge in [-0.3, -0.25) is 0 Å². The Morgan fingerprint density at radius 3 is 2.12 bits per heavy atom. The van der Waals surface area contributed by atoms with Crippen LogP contribution in [-0.4, -0.2) is 0 Å². The molecule has 16 heavy (non-hydrogen) atoms. The number of rotatable bonds is 2. The lowest BCUT2D eigenvalue weighted by Crippen LogP contribution is -2.13. The minimum Gasteiger partial charge on any atom is -0.207 e. The minimum absolute atomic E-state index is 0.0245. The van der Waals surface area contributed by atoms with Gasteiger partial charge in [0, 0.05) is 5.56 Å². The van der Waals surface area contributed by atoms with Crippen molar-refractivity contribution in [1.29, 1.82) is 0 Å². The summed E-state index contributed by atoms with van der Waals surface area (Å²) in [4.78, 5) is -0.0245. The van der Waals surface area contributed by atoms with Gasteiger partial charge in [-0.25, -0.2) is 4.39 Å². The highest BCUT2D eigenvalue weighted by molar-refractivity contribution is 14.1. The van der Waals surface area contributed by atoms with Gasteiger partial charge in [0.25, 0.3) is 0 Å². The summed E-state index contributed by atoms with van der Waals surface area (Å²) < 4.78 is 41.3. The topological polar surface area (TPSA) is 0 Å². The van der Waals surface area contributed by atoms with Gasteiger partial charge in [0.15, 0.2) is 0 Å². The summed E-state index contributed by atoms with van der Waals surface area (Å²) >= 11 is 3.03. The molecule has 0 amide bonds. The summed E-state index contributed by atoms with van der Waals surface area (Å²) in [5.41, 5.74) is -0.188. The number of alkyl halides is 2. The average molecular weight is 354 g/mol. The van der Waals surface area contributed by atoms with Gasteiger partial charge in [0.1, 0.15) is 5.82 Å². The van der Waals surface area contributed by atoms with Crippen LogP contribution in [-0.2, 0) is 5.92 Å². The van der Waals surface area contributed by atoms with Crippen LogP contribution in [0.25, 0.3) is 0 Å². The van der Waals surface area contributed by atoms with Gasteiger partial charge in [-0.05, 0) is 59.0 Å². The molecule has 0 saturated carbocycles. The molecule has 2 aromatic rings. The maximum Gasteiger partial charge on any atom is 0.307 e. The van der Waals surface area contributed by atoms with E-state index < -0.39 is 11.7 Å². The molecule has 1 aromatic heterocycles. The smallest absolute Gasteiger partial charge is 0.207 e. The number of thiophene rings is 1. The molecular weight excluding hydrogens is 348 g/mol. The van der Waals surface area contributed by atoms with Gasteiger partial charge in [0.05, 0.1) is 7.76 Å². The second kappa shape index (κ2) is 4.37. The van der Waals surface area contributed by atoms with E-state index in [1.165, 1.54) is 6.07 Å². The summed E-state index contributed by atoms with van der Waals surface area (Å²) in [7, 11) is 0. The molecule has 0 spiro atoms. The average Bonchev–Trinajstić information content (AvgIpc) is 2.66. The monoisotopic (exact) mass is 354 g/mol. The van der Waals surface area contributed by atoms with Crippen LogP contribution in [0.2, 0.25) is 0 Å². The third-order valence-corrected chi connectivity index (χ3v) is 4.05. The fraction of sp³-hybridized carbons (Fsp3) is 0.0909. The van der Waals surface area contributed by atoms with Gasteiger partial charge in [-0.1, -0.05) is 0 Å². The highest BCUT2D eigenvalue weighted by Gasteiger charge is 2.35. The Balaban J connectivity index is 2.42. The number of hydrogen-bond acceptors (Lipinski definition) is 1. The summed E-state index contributed by atoms with van der Waals surface area (Å²) in [5, 5.41) is 0. The van der Waals surface area contributed by atoms with Crippen LogP contribution >= 0.6 is 33.9 Å². The molecule has 0 aliphatic rings. The largest absolute Gasteiger partial charge is 0.307 e. The molecule has 0 N–H and O–H groups in total. The molecule has 1 heterocycles. The van der Waals surface area contributed by atoms with Crippen LogP contribution in [0.3, 0.4) is 0 Å². The first-order valence-corrected chi connectivity index (χ1v) is 6.29. The predicted octanol–water partition coefficient (Wildman–Crippen LogP) is 4.63. The first kappa shape index (κ1) is 11.9. The zero-order chi connectivity index (χ0) is 11.8. The number of benzene rings is 1. The van der Waals surface area contributed by atoms with Crippen LogP contribution in [0, 0.1) is 8.70 Å². The molecule has 0 atom stereocenters. The van der Waals surface area contributed by atoms with Crippen LogP contribution < -0.4 is 0 Å². The van der Waals surface area contributed by atoms with Crippen molar-refractivity contribution in [2.24, 2.45) is 0 Å². The van der Waals surface area contributed by atoms with Crippen molar-refractivity contribution in [3.8, 4) is 0 Å². The fourth-order valence-corrected chi connectivity index (χ4v) is 2.90. The molecule has 84 valence electrons. The lowest BCUT2D eigenvalue weighted by Gasteiger charge is -2.14. The first-order valence-electron chi connectivity index (χ1n) is 4.40. The second-order valence-electron chi connectivity index (χ2n) is 3.19. The minimum atomic E-state index is -3.05. The summed E-state index contributed by atoms with van der Waals surface area (Å²) in [6.45, 7) is 0. The highest BCUT2D eigenvalue weighted by atomic mass is 127. The lowest BCUT2D eigenvalue weighted by atomic mass is 10.1. The van der Waals surface area contributed by atoms with E-state index in [1.807, 2.05) is 22.6 Å². The van der Waals surface area contributed by atoms with Gasteiger partial charge >= 0.3 is 5.92 Å². The Morgan fingerprint density at radius 1 is 1.00 bits per heavy atom. The molecule has 0 fully saturated rings.